The molecule has 0 radical (unpaired) electrons. The van der Waals surface area contributed by atoms with Crippen molar-refractivity contribution in [2.45, 2.75) is 114 Å². The van der Waals surface area contributed by atoms with E-state index in [0.29, 0.717) is 61.6 Å². The molecule has 77 heavy (non-hydrogen) atoms. The van der Waals surface area contributed by atoms with Crippen molar-refractivity contribution in [3.05, 3.63) is 135 Å². The molecule has 6 aromatic rings. The minimum Gasteiger partial charge on any atom is -0.493 e. The number of nitrogens with one attached hydrogen (secondary N) is 3. The Kier molecular flexibility index (Phi) is 12.8. The molecule has 4 fully saturated rings. The molecule has 1 amide bonds. The third kappa shape index (κ3) is 10.6. The third-order valence-electron chi connectivity index (χ3n) is 16.9. The van der Waals surface area contributed by atoms with E-state index in [4.69, 9.17) is 18.3 Å². The number of aliphatic hydroxyl groups is 1. The summed E-state index contributed by atoms with van der Waals surface area (Å²) in [6.07, 6.45) is 8.02. The second-order valence-electron chi connectivity index (χ2n) is 23.5. The van der Waals surface area contributed by atoms with Gasteiger partial charge in [0.15, 0.2) is 11.5 Å². The lowest BCUT2D eigenvalue weighted by Crippen LogP contribution is -2.68. The van der Waals surface area contributed by atoms with Crippen LogP contribution in [0.25, 0.3) is 11.0 Å². The van der Waals surface area contributed by atoms with Crippen molar-refractivity contribution < 1.29 is 41.6 Å². The fourth-order valence-electron chi connectivity index (χ4n) is 12.6. The minimum atomic E-state index is -4.62. The summed E-state index contributed by atoms with van der Waals surface area (Å²) in [5.41, 5.74) is 4.73. The molecule has 5 aliphatic rings. The normalized spacial score (nSPS) is 23.0. The Morgan fingerprint density at radius 2 is 1.81 bits per heavy atom. The molecule has 2 aliphatic carbocycles. The molecule has 2 saturated heterocycles. The maximum Gasteiger partial charge on any atom is 0.293 e. The summed E-state index contributed by atoms with van der Waals surface area (Å²) < 4.78 is 71.5. The number of benzene rings is 4. The summed E-state index contributed by atoms with van der Waals surface area (Å²) >= 11 is 0. The lowest BCUT2D eigenvalue weighted by atomic mass is 9.59. The van der Waals surface area contributed by atoms with E-state index in [0.717, 1.165) is 86.7 Å². The van der Waals surface area contributed by atoms with E-state index >= 15 is 0 Å². The van der Waals surface area contributed by atoms with Gasteiger partial charge in [-0.1, -0.05) is 52.0 Å². The van der Waals surface area contributed by atoms with Crippen LogP contribution in [0.15, 0.2) is 102 Å². The number of sulfonamides is 1. The van der Waals surface area contributed by atoms with Gasteiger partial charge in [-0.05, 0) is 123 Å². The van der Waals surface area contributed by atoms with Crippen LogP contribution in [0.1, 0.15) is 122 Å². The van der Waals surface area contributed by atoms with Crippen molar-refractivity contribution in [3.63, 3.8) is 0 Å². The van der Waals surface area contributed by atoms with Crippen molar-refractivity contribution in [3.8, 4) is 23.0 Å². The number of pyridine rings is 1. The molecule has 1 spiro atoms. The van der Waals surface area contributed by atoms with Crippen LogP contribution in [0.5, 0.6) is 23.0 Å². The molecule has 0 bridgehead atoms. The maximum atomic E-state index is 14.2. The number of fused-ring (bicyclic) bond motifs is 2. The topological polar surface area (TPSA) is 205 Å². The summed E-state index contributed by atoms with van der Waals surface area (Å²) in [7, 11) is -7.24. The van der Waals surface area contributed by atoms with Gasteiger partial charge in [-0.15, -0.1) is 0 Å². The predicted octanol–water partition coefficient (Wildman–Crippen LogP) is 10.1. The SMILES string of the molecule is [2H]C([2H])([2H])Oc1cc(CN2CCN(C3CC4(C3)CN(c3ccc(C(=O)NS(=O)(=O)c5ccc(NCC6CCC(C)(O)CC6)c([N+](=O)[O-])c5)c(Oc5cnc6[nH]ccc6c5)c3)C4)[C@H](c3ccccc3C(C)C)C2)cc2c1OCC2(C)C. The van der Waals surface area contributed by atoms with Gasteiger partial charge in [-0.25, -0.2) is 18.1 Å². The minimum absolute atomic E-state index is 0.0602. The monoisotopic (exact) mass is 1070 g/mol. The number of rotatable bonds is 16. The first-order valence-electron chi connectivity index (χ1n) is 28.3. The predicted molar refractivity (Wildman–Crippen MR) is 296 cm³/mol. The summed E-state index contributed by atoms with van der Waals surface area (Å²) in [4.78, 5) is 40.3. The average molecular weight is 1070 g/mol. The molecular formula is C59H70N8O9S. The van der Waals surface area contributed by atoms with E-state index in [1.165, 1.54) is 29.5 Å². The molecule has 3 aliphatic heterocycles. The zero-order chi connectivity index (χ0) is 56.5. The van der Waals surface area contributed by atoms with Crippen molar-refractivity contribution in [2.24, 2.45) is 11.3 Å². The second-order valence-corrected chi connectivity index (χ2v) is 25.2. The summed E-state index contributed by atoms with van der Waals surface area (Å²) in [5, 5.41) is 26.5. The quantitative estimate of drug-likeness (QED) is 0.0526. The number of hydrogen-bond acceptors (Lipinski definition) is 14. The number of methoxy groups -OCH3 is 1. The number of carbonyl (C=O) groups is 1. The van der Waals surface area contributed by atoms with E-state index in [-0.39, 0.29) is 45.5 Å². The van der Waals surface area contributed by atoms with Crippen LogP contribution in [-0.2, 0) is 22.0 Å². The Bertz CT molecular complexity index is 3450. The van der Waals surface area contributed by atoms with Gasteiger partial charge in [-0.2, -0.15) is 0 Å². The van der Waals surface area contributed by atoms with Crippen molar-refractivity contribution in [1.82, 2.24) is 24.5 Å². The first-order chi connectivity index (χ1) is 37.9. The van der Waals surface area contributed by atoms with Crippen molar-refractivity contribution >= 4 is 44.0 Å². The maximum absolute atomic E-state index is 14.2. The summed E-state index contributed by atoms with van der Waals surface area (Å²) in [6.45, 7) is 16.0. The van der Waals surface area contributed by atoms with Gasteiger partial charge < -0.3 is 34.5 Å². The van der Waals surface area contributed by atoms with Gasteiger partial charge in [0.1, 0.15) is 22.8 Å². The van der Waals surface area contributed by atoms with Crippen LogP contribution in [0.2, 0.25) is 0 Å². The lowest BCUT2D eigenvalue weighted by Gasteiger charge is -2.63. The van der Waals surface area contributed by atoms with E-state index < -0.39 is 44.1 Å². The van der Waals surface area contributed by atoms with Gasteiger partial charge in [0.25, 0.3) is 21.6 Å². The number of piperazine rings is 1. The molecule has 17 nitrogen and oxygen atoms in total. The first-order valence-corrected chi connectivity index (χ1v) is 28.3. The zero-order valence-electron chi connectivity index (χ0n) is 47.3. The Hall–Kier alpha value is -6.73. The van der Waals surface area contributed by atoms with Crippen LogP contribution in [0, 0.1) is 21.4 Å². The molecule has 2 aromatic heterocycles. The van der Waals surface area contributed by atoms with Crippen LogP contribution < -0.4 is 29.1 Å². The molecule has 4 aromatic carbocycles. The molecule has 0 unspecified atom stereocenters. The summed E-state index contributed by atoms with van der Waals surface area (Å²) in [6, 6.07) is 25.4. The van der Waals surface area contributed by atoms with Gasteiger partial charge in [0.2, 0.25) is 0 Å². The highest BCUT2D eigenvalue weighted by Gasteiger charge is 2.55. The standard InChI is InChI=1S/C59H70N8O9S/c1-37(2)45-9-7-8-10-46(45)51-33-64(32-39-23-48-54(53(24-39)74-6)75-36-57(48,3)4)21-22-66(51)42-28-59(29-42)34-65(35-59)41-11-13-47(52(26-41)76-43-25-40-17-20-60-55(40)62-31-43)56(68)63-77(72,73)44-12-14-49(50(27-44)67(70)71)61-30-38-15-18-58(5,69)19-16-38/h7-14,17,20,23-27,31,37-38,42,51,61,69H,15-16,18-19,21-22,28-30,32-36H2,1-6H3,(H,60,62)(H,63,68)/t38?,51-,58?/m0/s1/i6D3. The Morgan fingerprint density at radius 1 is 1.01 bits per heavy atom. The summed E-state index contributed by atoms with van der Waals surface area (Å²) in [5.74, 6) is 0.730. The van der Waals surface area contributed by atoms with E-state index in [2.05, 4.69) is 92.7 Å². The number of anilines is 2. The van der Waals surface area contributed by atoms with Crippen molar-refractivity contribution in [1.29, 1.82) is 0 Å². The van der Waals surface area contributed by atoms with Gasteiger partial charge in [0, 0.05) is 104 Å². The molecule has 2 saturated carbocycles. The molecule has 406 valence electrons. The molecular weight excluding hydrogens is 997 g/mol. The molecule has 18 heteroatoms. The van der Waals surface area contributed by atoms with Gasteiger partial charge in [0.05, 0.1) is 44.9 Å². The molecule has 11 rings (SSSR count). The number of aromatic amines is 1. The highest BCUT2D eigenvalue weighted by Crippen LogP contribution is 2.54. The van der Waals surface area contributed by atoms with Crippen molar-refractivity contribution in [2.75, 3.05) is 63.1 Å². The number of aromatic nitrogens is 2. The highest BCUT2D eigenvalue weighted by atomic mass is 32.2. The van der Waals surface area contributed by atoms with Crippen LogP contribution in [-0.4, -0.2) is 109 Å². The number of ether oxygens (including phenoxy) is 3. The third-order valence-corrected chi connectivity index (χ3v) is 18.3. The lowest BCUT2D eigenvalue weighted by molar-refractivity contribution is -0.384. The van der Waals surface area contributed by atoms with E-state index in [1.807, 2.05) is 12.1 Å². The number of amides is 1. The molecule has 5 heterocycles. The zero-order valence-corrected chi connectivity index (χ0v) is 45.1. The fourth-order valence-corrected chi connectivity index (χ4v) is 13.5. The number of nitro benzene ring substituents is 1. The first kappa shape index (κ1) is 48.6. The smallest absolute Gasteiger partial charge is 0.293 e. The van der Waals surface area contributed by atoms with E-state index in [9.17, 15) is 28.4 Å². The number of hydrogen-bond donors (Lipinski definition) is 4. The van der Waals surface area contributed by atoms with Gasteiger partial charge >= 0.3 is 0 Å². The second kappa shape index (κ2) is 20.2. The largest absolute Gasteiger partial charge is 0.493 e. The number of H-pyrrole nitrogens is 1. The number of carbonyl (C=O) groups excluding carboxylic acids is 1. The van der Waals surface area contributed by atoms with Gasteiger partial charge in [-0.3, -0.25) is 24.7 Å². The Balaban J connectivity index is 0.793. The average Bonchev–Trinajstić information content (AvgIpc) is 4.13. The van der Waals surface area contributed by atoms with Crippen LogP contribution in [0.4, 0.5) is 17.1 Å². The van der Waals surface area contributed by atoms with Crippen LogP contribution >= 0.6 is 0 Å². The van der Waals surface area contributed by atoms with Crippen LogP contribution in [0.3, 0.4) is 0 Å². The Labute approximate surface area is 454 Å². The van der Waals surface area contributed by atoms with E-state index in [1.54, 1.807) is 37.4 Å². The highest BCUT2D eigenvalue weighted by molar-refractivity contribution is 7.90. The fraction of sp³-hybridized carbons (Fsp3) is 0.458. The molecule has 1 atom stereocenters. The Morgan fingerprint density at radius 3 is 2.57 bits per heavy atom. The number of nitro groups is 1. The molecule has 4 N–H and O–H groups in total. The number of nitrogens with zero attached hydrogens (tertiary/aromatic N) is 5.